The molecule has 0 aliphatic carbocycles. The van der Waals surface area contributed by atoms with Gasteiger partial charge in [-0.15, -0.1) is 0 Å². The van der Waals surface area contributed by atoms with Gasteiger partial charge < -0.3 is 15.0 Å². The average molecular weight is 550 g/mol. The van der Waals surface area contributed by atoms with Crippen LogP contribution in [0.1, 0.15) is 35.6 Å². The number of carbonyl (C=O) groups excluding carboxylic acids is 2. The number of nitrogens with zero attached hydrogens (tertiary/aromatic N) is 2. The van der Waals surface area contributed by atoms with Gasteiger partial charge in [0, 0.05) is 26.2 Å². The van der Waals surface area contributed by atoms with E-state index >= 15 is 0 Å². The number of amides is 2. The van der Waals surface area contributed by atoms with Crippen LogP contribution in [0.4, 0.5) is 0 Å². The maximum atomic E-state index is 14.0. The Morgan fingerprint density at radius 3 is 2.00 bits per heavy atom. The van der Waals surface area contributed by atoms with Crippen LogP contribution in [0.15, 0.2) is 91.0 Å². The molecule has 0 spiro atoms. The van der Waals surface area contributed by atoms with E-state index in [0.717, 1.165) is 34.5 Å². The molecule has 206 valence electrons. The number of rotatable bonds is 12. The van der Waals surface area contributed by atoms with Crippen molar-refractivity contribution in [1.29, 1.82) is 0 Å². The molecule has 2 atom stereocenters. The molecule has 1 saturated heterocycles. The lowest BCUT2D eigenvalue weighted by Crippen LogP contribution is -2.48. The molecule has 3 aromatic rings. The van der Waals surface area contributed by atoms with E-state index in [4.69, 9.17) is 4.74 Å². The first-order chi connectivity index (χ1) is 18.8. The highest BCUT2D eigenvalue weighted by Crippen LogP contribution is 2.25. The molecule has 0 aromatic heterocycles. The molecule has 0 unspecified atom stereocenters. The van der Waals surface area contributed by atoms with Gasteiger partial charge in [-0.2, -0.15) is 4.31 Å². The standard InChI is InChI=1S/C30H35N3O5S/c1-39(36,37)32(21-24-12-5-2-6-13-24)23-28(34)33(22-25-14-7-3-8-15-25)29(26-16-9-4-10-17-26)30(35)31-20-27-18-11-19-38-27/h2-10,12-17,27,29H,11,18-23H2,1H3,(H,31,35)/t27-,29-/m0/s1. The van der Waals surface area contributed by atoms with Crippen LogP contribution >= 0.6 is 0 Å². The van der Waals surface area contributed by atoms with Crippen molar-refractivity contribution in [2.24, 2.45) is 0 Å². The molecule has 9 heteroatoms. The zero-order valence-electron chi connectivity index (χ0n) is 22.1. The lowest BCUT2D eigenvalue weighted by atomic mass is 10.0. The first-order valence-electron chi connectivity index (χ1n) is 13.1. The maximum absolute atomic E-state index is 14.0. The third-order valence-electron chi connectivity index (χ3n) is 6.70. The molecule has 2 amide bonds. The third kappa shape index (κ3) is 8.23. The van der Waals surface area contributed by atoms with Crippen molar-refractivity contribution < 1.29 is 22.7 Å². The minimum Gasteiger partial charge on any atom is -0.376 e. The van der Waals surface area contributed by atoms with Crippen LogP contribution in [0, 0.1) is 0 Å². The van der Waals surface area contributed by atoms with Crippen LogP contribution in [-0.2, 0) is 37.4 Å². The summed E-state index contributed by atoms with van der Waals surface area (Å²) < 4.78 is 32.3. The summed E-state index contributed by atoms with van der Waals surface area (Å²) in [5.41, 5.74) is 2.23. The minimum absolute atomic E-state index is 0.0474. The van der Waals surface area contributed by atoms with Gasteiger partial charge in [0.1, 0.15) is 6.04 Å². The summed E-state index contributed by atoms with van der Waals surface area (Å²) >= 11 is 0. The van der Waals surface area contributed by atoms with Gasteiger partial charge in [-0.3, -0.25) is 9.59 Å². The summed E-state index contributed by atoms with van der Waals surface area (Å²) in [4.78, 5) is 29.2. The predicted octanol–water partition coefficient (Wildman–Crippen LogP) is 3.51. The topological polar surface area (TPSA) is 96.0 Å². The van der Waals surface area contributed by atoms with Gasteiger partial charge in [-0.05, 0) is 29.5 Å². The molecule has 1 aliphatic rings. The number of ether oxygens (including phenoxy) is 1. The van der Waals surface area contributed by atoms with Gasteiger partial charge in [0.15, 0.2) is 0 Å². The van der Waals surface area contributed by atoms with E-state index in [1.54, 1.807) is 12.1 Å². The summed E-state index contributed by atoms with van der Waals surface area (Å²) in [6, 6.07) is 26.6. The van der Waals surface area contributed by atoms with Crippen LogP contribution in [-0.4, -0.2) is 61.5 Å². The molecule has 0 saturated carbocycles. The van der Waals surface area contributed by atoms with Crippen LogP contribution in [0.25, 0.3) is 0 Å². The van der Waals surface area contributed by atoms with Gasteiger partial charge >= 0.3 is 0 Å². The third-order valence-corrected chi connectivity index (χ3v) is 7.90. The highest BCUT2D eigenvalue weighted by Gasteiger charge is 2.34. The second-order valence-electron chi connectivity index (χ2n) is 9.72. The van der Waals surface area contributed by atoms with Crippen LogP contribution in [0.3, 0.4) is 0 Å². The molecule has 1 fully saturated rings. The van der Waals surface area contributed by atoms with Crippen LogP contribution < -0.4 is 5.32 Å². The number of nitrogens with one attached hydrogen (secondary N) is 1. The van der Waals surface area contributed by atoms with Crippen molar-refractivity contribution in [2.75, 3.05) is 26.0 Å². The highest BCUT2D eigenvalue weighted by molar-refractivity contribution is 7.88. The summed E-state index contributed by atoms with van der Waals surface area (Å²) in [5, 5.41) is 2.98. The van der Waals surface area contributed by atoms with E-state index < -0.39 is 28.5 Å². The maximum Gasteiger partial charge on any atom is 0.247 e. The molecule has 1 N–H and O–H groups in total. The second kappa shape index (κ2) is 13.5. The molecular weight excluding hydrogens is 514 g/mol. The first-order valence-corrected chi connectivity index (χ1v) is 14.9. The van der Waals surface area contributed by atoms with E-state index in [2.05, 4.69) is 5.32 Å². The van der Waals surface area contributed by atoms with Crippen molar-refractivity contribution in [3.8, 4) is 0 Å². The molecule has 8 nitrogen and oxygen atoms in total. The average Bonchev–Trinajstić information content (AvgIpc) is 3.46. The smallest absolute Gasteiger partial charge is 0.247 e. The highest BCUT2D eigenvalue weighted by atomic mass is 32.2. The monoisotopic (exact) mass is 549 g/mol. The number of carbonyl (C=O) groups is 2. The molecule has 39 heavy (non-hydrogen) atoms. The van der Waals surface area contributed by atoms with Gasteiger partial charge in [0.25, 0.3) is 0 Å². The van der Waals surface area contributed by atoms with Crippen molar-refractivity contribution in [1.82, 2.24) is 14.5 Å². The molecule has 3 aromatic carbocycles. The molecule has 0 bridgehead atoms. The largest absolute Gasteiger partial charge is 0.376 e. The zero-order chi connectivity index (χ0) is 27.7. The van der Waals surface area contributed by atoms with Crippen molar-refractivity contribution >= 4 is 21.8 Å². The van der Waals surface area contributed by atoms with E-state index in [0.29, 0.717) is 18.7 Å². The van der Waals surface area contributed by atoms with E-state index in [-0.39, 0.29) is 25.1 Å². The van der Waals surface area contributed by atoms with E-state index in [9.17, 15) is 18.0 Å². The summed E-state index contributed by atoms with van der Waals surface area (Å²) in [6.45, 7) is 0.799. The molecule has 4 rings (SSSR count). The first kappa shape index (κ1) is 28.5. The molecule has 0 radical (unpaired) electrons. The van der Waals surface area contributed by atoms with Crippen molar-refractivity contribution in [3.63, 3.8) is 0 Å². The van der Waals surface area contributed by atoms with Gasteiger partial charge in [0.2, 0.25) is 21.8 Å². The summed E-state index contributed by atoms with van der Waals surface area (Å²) in [7, 11) is -3.73. The fraction of sp³-hybridized carbons (Fsp3) is 0.333. The van der Waals surface area contributed by atoms with Gasteiger partial charge in [0.05, 0.1) is 18.9 Å². The Labute approximate surface area is 230 Å². The minimum atomic E-state index is -3.73. The summed E-state index contributed by atoms with van der Waals surface area (Å²) in [5.74, 6) is -0.809. The van der Waals surface area contributed by atoms with Crippen LogP contribution in [0.5, 0.6) is 0 Å². The number of hydrogen-bond acceptors (Lipinski definition) is 5. The normalized spacial score (nSPS) is 16.1. The number of sulfonamides is 1. The fourth-order valence-corrected chi connectivity index (χ4v) is 5.38. The zero-order valence-corrected chi connectivity index (χ0v) is 22.9. The Bertz CT molecular complexity index is 1310. The number of hydrogen-bond donors (Lipinski definition) is 1. The second-order valence-corrected chi connectivity index (χ2v) is 11.7. The van der Waals surface area contributed by atoms with E-state index in [1.807, 2.05) is 78.9 Å². The van der Waals surface area contributed by atoms with Crippen molar-refractivity contribution in [3.05, 3.63) is 108 Å². The van der Waals surface area contributed by atoms with Gasteiger partial charge in [-0.25, -0.2) is 8.42 Å². The SMILES string of the molecule is CS(=O)(=O)N(CC(=O)N(Cc1ccccc1)[C@H](C(=O)NC[C@@H]1CCCO1)c1ccccc1)Cc1ccccc1. The Hall–Kier alpha value is -3.53. The lowest BCUT2D eigenvalue weighted by Gasteiger charge is -2.33. The molecular formula is C30H35N3O5S. The quantitative estimate of drug-likeness (QED) is 0.373. The Balaban J connectivity index is 1.66. The van der Waals surface area contributed by atoms with Crippen molar-refractivity contribution in [2.45, 2.75) is 38.1 Å². The number of benzene rings is 3. The lowest BCUT2D eigenvalue weighted by molar-refractivity contribution is -0.142. The predicted molar refractivity (Wildman–Crippen MR) is 150 cm³/mol. The molecule has 1 aliphatic heterocycles. The summed E-state index contributed by atoms with van der Waals surface area (Å²) in [6.07, 6.45) is 2.85. The van der Waals surface area contributed by atoms with Gasteiger partial charge in [-0.1, -0.05) is 91.0 Å². The Morgan fingerprint density at radius 2 is 1.46 bits per heavy atom. The van der Waals surface area contributed by atoms with E-state index in [1.165, 1.54) is 4.90 Å². The Morgan fingerprint density at radius 1 is 0.897 bits per heavy atom. The molecule has 1 heterocycles. The fourth-order valence-electron chi connectivity index (χ4n) is 4.65. The Kier molecular flexibility index (Phi) is 9.86. The van der Waals surface area contributed by atoms with Crippen LogP contribution in [0.2, 0.25) is 0 Å².